The number of benzene rings is 6. The Hall–Kier alpha value is -5.80. The van der Waals surface area contributed by atoms with E-state index in [4.69, 9.17) is 4.98 Å². The van der Waals surface area contributed by atoms with E-state index in [-0.39, 0.29) is 5.92 Å². The summed E-state index contributed by atoms with van der Waals surface area (Å²) in [5.74, 6) is 0.859. The molecule has 0 amide bonds. The van der Waals surface area contributed by atoms with Crippen LogP contribution in [0, 0.1) is 41.5 Å². The Morgan fingerprint density at radius 2 is 0.940 bits per heavy atom. The number of nitrogens with zero attached hydrogens (tertiary/aromatic N) is 3. The van der Waals surface area contributed by atoms with Crippen molar-refractivity contribution in [2.45, 2.75) is 47.5 Å². The summed E-state index contributed by atoms with van der Waals surface area (Å²) in [5.41, 5.74) is 18.6. The van der Waals surface area contributed by atoms with Crippen LogP contribution >= 0.6 is 0 Å². The normalized spacial score (nSPS) is 11.2. The number of hydrogen-bond donors (Lipinski definition) is 0. The van der Waals surface area contributed by atoms with Gasteiger partial charge in [0.1, 0.15) is 0 Å². The zero-order valence-electron chi connectivity index (χ0n) is 29.8. The van der Waals surface area contributed by atoms with Crippen LogP contribution in [0.4, 0.5) is 17.2 Å². The predicted molar refractivity (Wildman–Crippen MR) is 210 cm³/mol. The molecule has 0 aliphatic carbocycles. The molecule has 7 rings (SSSR count). The van der Waals surface area contributed by atoms with Crippen LogP contribution in [-0.4, -0.2) is 9.97 Å². The lowest BCUT2D eigenvalue weighted by Gasteiger charge is -2.28. The van der Waals surface area contributed by atoms with Crippen molar-refractivity contribution < 1.29 is 0 Å². The van der Waals surface area contributed by atoms with Crippen molar-refractivity contribution >= 4 is 17.2 Å². The minimum Gasteiger partial charge on any atom is -0.294 e. The summed E-state index contributed by atoms with van der Waals surface area (Å²) in [7, 11) is 0. The summed E-state index contributed by atoms with van der Waals surface area (Å²) in [6.07, 6.45) is 5.33. The molecule has 0 saturated heterocycles. The van der Waals surface area contributed by atoms with Gasteiger partial charge in [-0.25, -0.2) is 4.98 Å². The van der Waals surface area contributed by atoms with Gasteiger partial charge in [-0.3, -0.25) is 9.88 Å². The molecule has 3 heteroatoms. The lowest BCUT2D eigenvalue weighted by atomic mass is 9.77. The Balaban J connectivity index is 1.41. The average molecular weight is 650 g/mol. The van der Waals surface area contributed by atoms with Crippen LogP contribution < -0.4 is 4.90 Å². The Morgan fingerprint density at radius 3 is 1.38 bits per heavy atom. The van der Waals surface area contributed by atoms with Crippen molar-refractivity contribution in [2.24, 2.45) is 0 Å². The zero-order chi connectivity index (χ0) is 34.8. The van der Waals surface area contributed by atoms with Gasteiger partial charge in [-0.15, -0.1) is 0 Å². The minimum absolute atomic E-state index is 0.0984. The van der Waals surface area contributed by atoms with Gasteiger partial charge in [-0.2, -0.15) is 0 Å². The van der Waals surface area contributed by atoms with Gasteiger partial charge in [0.2, 0.25) is 0 Å². The number of anilines is 3. The van der Waals surface area contributed by atoms with Crippen LogP contribution in [0.5, 0.6) is 0 Å². The predicted octanol–water partition coefficient (Wildman–Crippen LogP) is 12.3. The topological polar surface area (TPSA) is 29.0 Å². The zero-order valence-corrected chi connectivity index (χ0v) is 29.8. The van der Waals surface area contributed by atoms with E-state index >= 15 is 0 Å². The van der Waals surface area contributed by atoms with Crippen molar-refractivity contribution in [2.75, 3.05) is 4.90 Å². The van der Waals surface area contributed by atoms with Crippen molar-refractivity contribution in [3.63, 3.8) is 0 Å². The Labute approximate surface area is 297 Å². The van der Waals surface area contributed by atoms with E-state index in [1.165, 1.54) is 50.1 Å². The first-order chi connectivity index (χ1) is 24.3. The van der Waals surface area contributed by atoms with Crippen LogP contribution in [0.25, 0.3) is 22.3 Å². The van der Waals surface area contributed by atoms with Gasteiger partial charge in [0, 0.05) is 29.7 Å². The van der Waals surface area contributed by atoms with Gasteiger partial charge in [0.25, 0.3) is 0 Å². The first-order valence-corrected chi connectivity index (χ1v) is 17.3. The Morgan fingerprint density at radius 1 is 0.460 bits per heavy atom. The summed E-state index contributed by atoms with van der Waals surface area (Å²) in [5, 5.41) is 0. The maximum atomic E-state index is 4.82. The fourth-order valence-electron chi connectivity index (χ4n) is 7.74. The highest BCUT2D eigenvalue weighted by atomic mass is 15.2. The third-order valence-corrected chi connectivity index (χ3v) is 9.71. The molecule has 0 unspecified atom stereocenters. The van der Waals surface area contributed by atoms with Gasteiger partial charge in [0.15, 0.2) is 5.82 Å². The van der Waals surface area contributed by atoms with E-state index in [0.29, 0.717) is 0 Å². The highest BCUT2D eigenvalue weighted by molar-refractivity contribution is 5.84. The molecule has 0 atom stereocenters. The van der Waals surface area contributed by atoms with Gasteiger partial charge in [-0.1, -0.05) is 108 Å². The van der Waals surface area contributed by atoms with Crippen LogP contribution in [0.3, 0.4) is 0 Å². The molecule has 0 radical (unpaired) electrons. The SMILES string of the molecule is Cc1cc(C)c(C(c2ccc(N(c3cc(-c4ccccc4)cc(-c4ccccc4)c3)c3cnccn3)cc2)c2c(C)cc(C)cc2C)c(C)c1. The van der Waals surface area contributed by atoms with E-state index < -0.39 is 0 Å². The van der Waals surface area contributed by atoms with Gasteiger partial charge < -0.3 is 0 Å². The minimum atomic E-state index is 0.0984. The van der Waals surface area contributed by atoms with Gasteiger partial charge in [-0.05, 0) is 133 Å². The molecular formula is C47H43N3. The molecule has 7 aromatic rings. The Kier molecular flexibility index (Phi) is 9.15. The second-order valence-electron chi connectivity index (χ2n) is 13.5. The molecular weight excluding hydrogens is 607 g/mol. The largest absolute Gasteiger partial charge is 0.294 e. The summed E-state index contributed by atoms with van der Waals surface area (Å²) >= 11 is 0. The number of hydrogen-bond acceptors (Lipinski definition) is 3. The van der Waals surface area contributed by atoms with Gasteiger partial charge >= 0.3 is 0 Å². The third kappa shape index (κ3) is 6.60. The van der Waals surface area contributed by atoms with Crippen molar-refractivity contribution in [3.8, 4) is 22.3 Å². The van der Waals surface area contributed by atoms with E-state index in [1.807, 2.05) is 6.20 Å². The van der Waals surface area contributed by atoms with E-state index in [9.17, 15) is 0 Å². The second kappa shape index (κ2) is 14.0. The molecule has 1 aromatic heterocycles. The Bertz CT molecular complexity index is 2100. The number of rotatable bonds is 8. The van der Waals surface area contributed by atoms with Gasteiger partial charge in [0.05, 0.1) is 6.20 Å². The third-order valence-electron chi connectivity index (χ3n) is 9.71. The molecule has 0 spiro atoms. The smallest absolute Gasteiger partial charge is 0.156 e. The number of aromatic nitrogens is 2. The fraction of sp³-hybridized carbons (Fsp3) is 0.149. The fourth-order valence-corrected chi connectivity index (χ4v) is 7.74. The monoisotopic (exact) mass is 649 g/mol. The molecule has 246 valence electrons. The molecule has 50 heavy (non-hydrogen) atoms. The molecule has 3 nitrogen and oxygen atoms in total. The van der Waals surface area contributed by atoms with Crippen molar-refractivity contribution in [3.05, 3.63) is 196 Å². The lowest BCUT2D eigenvalue weighted by Crippen LogP contribution is -2.14. The number of aryl methyl sites for hydroxylation is 6. The highest BCUT2D eigenvalue weighted by Gasteiger charge is 2.25. The molecule has 0 bridgehead atoms. The molecule has 0 aliphatic rings. The first-order valence-electron chi connectivity index (χ1n) is 17.3. The maximum absolute atomic E-state index is 4.82. The second-order valence-corrected chi connectivity index (χ2v) is 13.5. The molecule has 0 fully saturated rings. The van der Waals surface area contributed by atoms with E-state index in [0.717, 1.165) is 39.4 Å². The molecule has 0 aliphatic heterocycles. The molecule has 6 aromatic carbocycles. The lowest BCUT2D eigenvalue weighted by molar-refractivity contribution is 0.919. The van der Waals surface area contributed by atoms with Crippen LogP contribution in [0.15, 0.2) is 146 Å². The van der Waals surface area contributed by atoms with Crippen LogP contribution in [0.1, 0.15) is 56.0 Å². The first kappa shape index (κ1) is 32.7. The summed E-state index contributed by atoms with van der Waals surface area (Å²) < 4.78 is 0. The summed E-state index contributed by atoms with van der Waals surface area (Å²) in [6.45, 7) is 13.4. The quantitative estimate of drug-likeness (QED) is 0.153. The standard InChI is InChI=1S/C47H43N3/c1-31-23-33(3)45(34(4)24-31)47(46-35(5)25-32(2)26-36(46)6)39-17-19-42(20-18-39)50(44-30-48-21-22-49-44)43-28-40(37-13-9-7-10-14-37)27-41(29-43)38-15-11-8-12-16-38/h7-30,47H,1-6H3. The molecule has 1 heterocycles. The van der Waals surface area contributed by atoms with Crippen molar-refractivity contribution in [1.29, 1.82) is 0 Å². The van der Waals surface area contributed by atoms with E-state index in [1.54, 1.807) is 12.4 Å². The maximum Gasteiger partial charge on any atom is 0.156 e. The molecule has 0 N–H and O–H groups in total. The highest BCUT2D eigenvalue weighted by Crippen LogP contribution is 2.43. The average Bonchev–Trinajstić information content (AvgIpc) is 3.12. The summed E-state index contributed by atoms with van der Waals surface area (Å²) in [4.78, 5) is 11.5. The van der Waals surface area contributed by atoms with E-state index in [2.05, 4.69) is 179 Å². The van der Waals surface area contributed by atoms with Crippen molar-refractivity contribution in [1.82, 2.24) is 9.97 Å². The molecule has 0 saturated carbocycles. The van der Waals surface area contributed by atoms with Crippen LogP contribution in [-0.2, 0) is 0 Å². The van der Waals surface area contributed by atoms with Crippen LogP contribution in [0.2, 0.25) is 0 Å². The summed E-state index contributed by atoms with van der Waals surface area (Å²) in [6, 6.07) is 46.3.